The summed E-state index contributed by atoms with van der Waals surface area (Å²) >= 11 is 0. The molecule has 3 saturated heterocycles. The Morgan fingerprint density at radius 2 is 1.74 bits per heavy atom. The Kier molecular flexibility index (Phi) is 6.19. The summed E-state index contributed by atoms with van der Waals surface area (Å²) in [5, 5.41) is 15.7. The van der Waals surface area contributed by atoms with Crippen LogP contribution in [0.3, 0.4) is 0 Å². The Morgan fingerprint density at radius 3 is 2.29 bits per heavy atom. The van der Waals surface area contributed by atoms with Crippen LogP contribution in [0.5, 0.6) is 0 Å². The van der Waals surface area contributed by atoms with Crippen molar-refractivity contribution in [2.75, 3.05) is 43.0 Å². The van der Waals surface area contributed by atoms with E-state index in [4.69, 9.17) is 4.74 Å². The number of alkyl carbamates (subject to hydrolysis) is 1. The van der Waals surface area contributed by atoms with Crippen LogP contribution < -0.4 is 15.5 Å². The molecule has 200 valence electrons. The molecule has 0 atom stereocenters. The first-order valence-corrected chi connectivity index (χ1v) is 14.7. The number of hydrogen-bond acceptors (Lipinski definition) is 8. The van der Waals surface area contributed by atoms with Crippen LogP contribution in [0.25, 0.3) is 0 Å². The van der Waals surface area contributed by atoms with E-state index in [1.807, 2.05) is 24.3 Å². The van der Waals surface area contributed by atoms with Crippen LogP contribution in [0.15, 0.2) is 47.5 Å². The zero-order valence-electron chi connectivity index (χ0n) is 21.2. The van der Waals surface area contributed by atoms with Crippen molar-refractivity contribution in [3.8, 4) is 6.07 Å². The van der Waals surface area contributed by atoms with Gasteiger partial charge in [-0.15, -0.1) is 0 Å². The number of anilines is 2. The Balaban J connectivity index is 1.02. The van der Waals surface area contributed by atoms with Gasteiger partial charge in [0.15, 0.2) is 0 Å². The summed E-state index contributed by atoms with van der Waals surface area (Å²) in [5.74, 6) is 0.755. The minimum atomic E-state index is -3.57. The Morgan fingerprint density at radius 1 is 1.03 bits per heavy atom. The molecule has 10 nitrogen and oxygen atoms in total. The normalized spacial score (nSPS) is 22.9. The lowest BCUT2D eigenvalue weighted by molar-refractivity contribution is 0.168. The Labute approximate surface area is 223 Å². The molecule has 2 aromatic rings. The number of carbonyl (C=O) groups is 1. The lowest BCUT2D eigenvalue weighted by Gasteiger charge is -2.38. The molecule has 0 radical (unpaired) electrons. The minimum absolute atomic E-state index is 0.144. The maximum absolute atomic E-state index is 13.3. The third kappa shape index (κ3) is 4.67. The standard InChI is InChI=1S/C27H32N6O4S/c28-18-26(9-10-26)20-1-6-24(29-17-20)30-21-7-13-33(14-8-21)38(35,36)23-4-2-22(3-5-23)32-15-11-27(12-16-32)19-37-25(34)31-27/h1-6,17,21H,7-16,19H2,(H,29,30)(H,31,34). The SMILES string of the molecule is N#CC1(c2ccc(NC3CCN(S(=O)(=O)c4ccc(N5CCC6(CC5)COC(=O)N6)cc4)CC3)nc2)CC1. The number of rotatable bonds is 6. The molecule has 1 amide bonds. The number of pyridine rings is 1. The van der Waals surface area contributed by atoms with Gasteiger partial charge in [-0.2, -0.15) is 9.57 Å². The monoisotopic (exact) mass is 536 g/mol. The highest BCUT2D eigenvalue weighted by molar-refractivity contribution is 7.89. The summed E-state index contributed by atoms with van der Waals surface area (Å²) < 4.78 is 33.3. The van der Waals surface area contributed by atoms with Gasteiger partial charge in [0.2, 0.25) is 10.0 Å². The molecule has 4 fully saturated rings. The summed E-state index contributed by atoms with van der Waals surface area (Å²) in [6.45, 7) is 2.84. The van der Waals surface area contributed by atoms with Crippen molar-refractivity contribution >= 4 is 27.6 Å². The van der Waals surface area contributed by atoms with E-state index in [0.29, 0.717) is 37.4 Å². The predicted molar refractivity (Wildman–Crippen MR) is 141 cm³/mol. The van der Waals surface area contributed by atoms with Gasteiger partial charge in [-0.1, -0.05) is 6.07 Å². The van der Waals surface area contributed by atoms with Gasteiger partial charge < -0.3 is 20.3 Å². The first-order chi connectivity index (χ1) is 18.3. The van der Waals surface area contributed by atoms with Gasteiger partial charge >= 0.3 is 6.09 Å². The molecule has 1 aromatic heterocycles. The second-order valence-electron chi connectivity index (χ2n) is 10.9. The van der Waals surface area contributed by atoms with Crippen LogP contribution in [0, 0.1) is 11.3 Å². The molecule has 3 aliphatic heterocycles. The zero-order valence-corrected chi connectivity index (χ0v) is 22.0. The number of benzene rings is 1. The summed E-state index contributed by atoms with van der Waals surface area (Å²) in [7, 11) is -3.57. The molecule has 38 heavy (non-hydrogen) atoms. The van der Waals surface area contributed by atoms with Gasteiger partial charge in [-0.3, -0.25) is 0 Å². The first kappa shape index (κ1) is 24.9. The highest BCUT2D eigenvalue weighted by Gasteiger charge is 2.45. The number of nitrogens with zero attached hydrogens (tertiary/aromatic N) is 4. The first-order valence-electron chi connectivity index (χ1n) is 13.3. The number of carbonyl (C=O) groups excluding carboxylic acids is 1. The third-order valence-corrected chi connectivity index (χ3v) is 10.4. The molecule has 6 rings (SSSR count). The van der Waals surface area contributed by atoms with E-state index < -0.39 is 10.0 Å². The molecule has 4 heterocycles. The topological polar surface area (TPSA) is 128 Å². The van der Waals surface area contributed by atoms with Crippen molar-refractivity contribution in [2.45, 2.75) is 60.4 Å². The second kappa shape index (κ2) is 9.43. The van der Waals surface area contributed by atoms with Gasteiger partial charge in [-0.25, -0.2) is 18.2 Å². The lowest BCUT2D eigenvalue weighted by Crippen LogP contribution is -2.52. The number of ether oxygens (including phenoxy) is 1. The van der Waals surface area contributed by atoms with Crippen molar-refractivity contribution in [2.24, 2.45) is 0 Å². The van der Waals surface area contributed by atoms with Crippen LogP contribution in [-0.4, -0.2) is 68.2 Å². The number of amides is 1. The maximum atomic E-state index is 13.3. The molecular weight excluding hydrogens is 504 g/mol. The number of cyclic esters (lactones) is 1. The number of aromatic nitrogens is 1. The number of sulfonamides is 1. The average Bonchev–Trinajstić information content (AvgIpc) is 3.67. The van der Waals surface area contributed by atoms with Gasteiger partial charge in [0.25, 0.3) is 0 Å². The smallest absolute Gasteiger partial charge is 0.407 e. The van der Waals surface area contributed by atoms with Gasteiger partial charge in [0, 0.05) is 44.1 Å². The van der Waals surface area contributed by atoms with Crippen molar-refractivity contribution < 1.29 is 17.9 Å². The maximum Gasteiger partial charge on any atom is 0.407 e. The predicted octanol–water partition coefficient (Wildman–Crippen LogP) is 2.98. The second-order valence-corrected chi connectivity index (χ2v) is 12.8. The molecule has 2 N–H and O–H groups in total. The molecule has 0 bridgehead atoms. The summed E-state index contributed by atoms with van der Waals surface area (Å²) in [4.78, 5) is 18.5. The molecule has 4 aliphatic rings. The number of piperidine rings is 2. The molecule has 0 unspecified atom stereocenters. The fraction of sp³-hybridized carbons (Fsp3) is 0.519. The van der Waals surface area contributed by atoms with E-state index in [2.05, 4.69) is 26.6 Å². The third-order valence-electron chi connectivity index (χ3n) is 8.49. The quantitative estimate of drug-likeness (QED) is 0.577. The van der Waals surface area contributed by atoms with E-state index in [-0.39, 0.29) is 23.1 Å². The highest BCUT2D eigenvalue weighted by atomic mass is 32.2. The molecule has 11 heteroatoms. The number of nitriles is 1. The summed E-state index contributed by atoms with van der Waals surface area (Å²) in [6, 6.07) is 13.5. The number of hydrogen-bond donors (Lipinski definition) is 2. The summed E-state index contributed by atoms with van der Waals surface area (Å²) in [5.41, 5.74) is 1.34. The van der Waals surface area contributed by atoms with Gasteiger partial charge in [0.1, 0.15) is 12.4 Å². The van der Waals surface area contributed by atoms with Crippen LogP contribution in [0.4, 0.5) is 16.3 Å². The molecule has 1 saturated carbocycles. The van der Waals surface area contributed by atoms with Crippen molar-refractivity contribution in [1.29, 1.82) is 5.26 Å². The van der Waals surface area contributed by atoms with E-state index in [0.717, 1.165) is 55.8 Å². The molecule has 1 aromatic carbocycles. The van der Waals surface area contributed by atoms with E-state index >= 15 is 0 Å². The van der Waals surface area contributed by atoms with Crippen LogP contribution >= 0.6 is 0 Å². The number of nitrogens with one attached hydrogen (secondary N) is 2. The van der Waals surface area contributed by atoms with Gasteiger partial charge in [0.05, 0.1) is 21.9 Å². The van der Waals surface area contributed by atoms with Crippen LogP contribution in [-0.2, 0) is 20.2 Å². The van der Waals surface area contributed by atoms with Crippen molar-refractivity contribution in [3.63, 3.8) is 0 Å². The summed E-state index contributed by atoms with van der Waals surface area (Å²) in [6.07, 6.45) is 6.19. The fourth-order valence-corrected chi connectivity index (χ4v) is 7.20. The van der Waals surface area contributed by atoms with Crippen LogP contribution in [0.2, 0.25) is 0 Å². The Bertz CT molecular complexity index is 1340. The minimum Gasteiger partial charge on any atom is -0.447 e. The fourth-order valence-electron chi connectivity index (χ4n) is 5.73. The van der Waals surface area contributed by atoms with E-state index in [1.165, 1.54) is 0 Å². The van der Waals surface area contributed by atoms with E-state index in [1.54, 1.807) is 22.6 Å². The largest absolute Gasteiger partial charge is 0.447 e. The molecule has 1 aliphatic carbocycles. The van der Waals surface area contributed by atoms with E-state index in [9.17, 15) is 18.5 Å². The Hall–Kier alpha value is -3.36. The lowest BCUT2D eigenvalue weighted by atomic mass is 9.89. The van der Waals surface area contributed by atoms with Crippen molar-refractivity contribution in [1.82, 2.24) is 14.6 Å². The van der Waals surface area contributed by atoms with Crippen LogP contribution in [0.1, 0.15) is 44.1 Å². The van der Waals surface area contributed by atoms with Crippen molar-refractivity contribution in [3.05, 3.63) is 48.2 Å². The molecular formula is C27H32N6O4S. The highest BCUT2D eigenvalue weighted by Crippen LogP contribution is 2.47. The molecule has 1 spiro atoms. The average molecular weight is 537 g/mol. The van der Waals surface area contributed by atoms with Gasteiger partial charge in [-0.05, 0) is 74.4 Å². The zero-order chi connectivity index (χ0) is 26.4.